The molecule has 1 N–H and O–H groups in total. The topological polar surface area (TPSA) is 32.3 Å². The number of carbonyl (C=O) groups excluding carboxylic acids is 1. The highest BCUT2D eigenvalue weighted by Gasteiger charge is 2.29. The van der Waals surface area contributed by atoms with E-state index in [1.165, 1.54) is 0 Å². The quantitative estimate of drug-likeness (QED) is 0.885. The molecular formula is C11H12Cl2N2O. The maximum Gasteiger partial charge on any atom is 0.244 e. The summed E-state index contributed by atoms with van der Waals surface area (Å²) in [5.41, 5.74) is 0.638. The number of hydrogen-bond donors (Lipinski definition) is 1. The first-order valence-electron chi connectivity index (χ1n) is 5.05. The van der Waals surface area contributed by atoms with Gasteiger partial charge in [0.05, 0.1) is 15.7 Å². The summed E-state index contributed by atoms with van der Waals surface area (Å²) < 4.78 is 0. The number of likely N-dealkylation sites (N-methyl/N-ethyl adjacent to an activating group) is 1. The minimum Gasteiger partial charge on any atom is -0.371 e. The minimum absolute atomic E-state index is 0.0796. The van der Waals surface area contributed by atoms with Crippen LogP contribution in [0.15, 0.2) is 18.2 Å². The van der Waals surface area contributed by atoms with Gasteiger partial charge < -0.3 is 10.2 Å². The number of likely N-dealkylation sites (tertiary alicyclic amines) is 1. The van der Waals surface area contributed by atoms with Crippen LogP contribution in [0.25, 0.3) is 0 Å². The summed E-state index contributed by atoms with van der Waals surface area (Å²) in [5, 5.41) is 4.18. The SMILES string of the molecule is CN1CCC(Nc2c(Cl)cccc2Cl)C1=O. The normalized spacial score (nSPS) is 20.3. The summed E-state index contributed by atoms with van der Waals surface area (Å²) in [4.78, 5) is 13.4. The predicted octanol–water partition coefficient (Wildman–Crippen LogP) is 2.64. The number of anilines is 1. The molecule has 0 spiro atoms. The van der Waals surface area contributed by atoms with Crippen LogP contribution in [0, 0.1) is 0 Å². The number of halogens is 2. The first-order valence-corrected chi connectivity index (χ1v) is 5.80. The molecule has 0 bridgehead atoms. The second kappa shape index (κ2) is 4.52. The Hall–Kier alpha value is -0.930. The van der Waals surface area contributed by atoms with E-state index in [1.54, 1.807) is 30.1 Å². The van der Waals surface area contributed by atoms with E-state index in [9.17, 15) is 4.79 Å². The van der Waals surface area contributed by atoms with Crippen molar-refractivity contribution >= 4 is 34.8 Å². The van der Waals surface area contributed by atoms with E-state index >= 15 is 0 Å². The lowest BCUT2D eigenvalue weighted by Gasteiger charge is -2.15. The van der Waals surface area contributed by atoms with Crippen molar-refractivity contribution in [3.8, 4) is 0 Å². The Morgan fingerprint density at radius 3 is 2.50 bits per heavy atom. The standard InChI is InChI=1S/C11H12Cl2N2O/c1-15-6-5-9(11(15)16)14-10-7(12)3-2-4-8(10)13/h2-4,9,14H,5-6H2,1H3. The van der Waals surface area contributed by atoms with Gasteiger partial charge in [-0.25, -0.2) is 0 Å². The zero-order valence-electron chi connectivity index (χ0n) is 8.84. The summed E-state index contributed by atoms with van der Waals surface area (Å²) in [6.07, 6.45) is 0.775. The van der Waals surface area contributed by atoms with Crippen LogP contribution in [-0.4, -0.2) is 30.4 Å². The van der Waals surface area contributed by atoms with Gasteiger partial charge in [-0.3, -0.25) is 4.79 Å². The van der Waals surface area contributed by atoms with Crippen molar-refractivity contribution in [3.05, 3.63) is 28.2 Å². The van der Waals surface area contributed by atoms with Crippen molar-refractivity contribution in [2.24, 2.45) is 0 Å². The number of nitrogens with one attached hydrogen (secondary N) is 1. The van der Waals surface area contributed by atoms with Gasteiger partial charge in [0.1, 0.15) is 6.04 Å². The second-order valence-electron chi connectivity index (χ2n) is 3.84. The lowest BCUT2D eigenvalue weighted by atomic mass is 10.2. The molecule has 2 rings (SSSR count). The van der Waals surface area contributed by atoms with Crippen LogP contribution >= 0.6 is 23.2 Å². The van der Waals surface area contributed by atoms with E-state index in [2.05, 4.69) is 5.32 Å². The van der Waals surface area contributed by atoms with Crippen LogP contribution in [0.5, 0.6) is 0 Å². The van der Waals surface area contributed by atoms with Gasteiger partial charge in [0, 0.05) is 13.6 Å². The molecule has 1 fully saturated rings. The monoisotopic (exact) mass is 258 g/mol. The molecule has 0 aliphatic carbocycles. The Bertz CT molecular complexity index is 402. The zero-order valence-corrected chi connectivity index (χ0v) is 10.3. The molecule has 86 valence electrons. The smallest absolute Gasteiger partial charge is 0.244 e. The molecule has 1 unspecified atom stereocenters. The number of amides is 1. The highest BCUT2D eigenvalue weighted by Crippen LogP contribution is 2.31. The van der Waals surface area contributed by atoms with E-state index in [0.29, 0.717) is 15.7 Å². The van der Waals surface area contributed by atoms with Gasteiger partial charge in [-0.2, -0.15) is 0 Å². The molecule has 1 heterocycles. The Kier molecular flexibility index (Phi) is 3.26. The van der Waals surface area contributed by atoms with Crippen molar-refractivity contribution in [1.29, 1.82) is 0 Å². The van der Waals surface area contributed by atoms with E-state index in [1.807, 2.05) is 0 Å². The molecule has 1 aliphatic heterocycles. The third-order valence-electron chi connectivity index (χ3n) is 2.71. The van der Waals surface area contributed by atoms with Crippen molar-refractivity contribution in [1.82, 2.24) is 4.90 Å². The van der Waals surface area contributed by atoms with Crippen LogP contribution in [0.3, 0.4) is 0 Å². The second-order valence-corrected chi connectivity index (χ2v) is 4.66. The summed E-state index contributed by atoms with van der Waals surface area (Å²) >= 11 is 12.0. The Morgan fingerprint density at radius 1 is 1.38 bits per heavy atom. The fraction of sp³-hybridized carbons (Fsp3) is 0.364. The van der Waals surface area contributed by atoms with Gasteiger partial charge in [0.2, 0.25) is 5.91 Å². The number of carbonyl (C=O) groups is 1. The van der Waals surface area contributed by atoms with Crippen molar-refractivity contribution in [3.63, 3.8) is 0 Å². The van der Waals surface area contributed by atoms with Gasteiger partial charge in [-0.1, -0.05) is 29.3 Å². The lowest BCUT2D eigenvalue weighted by Crippen LogP contribution is -2.31. The molecule has 0 aromatic heterocycles. The van der Waals surface area contributed by atoms with Crippen molar-refractivity contribution in [2.75, 3.05) is 18.9 Å². The molecule has 1 atom stereocenters. The van der Waals surface area contributed by atoms with E-state index in [0.717, 1.165) is 13.0 Å². The first-order chi connectivity index (χ1) is 7.59. The Labute approximate surface area is 104 Å². The van der Waals surface area contributed by atoms with Crippen molar-refractivity contribution < 1.29 is 4.79 Å². The molecule has 5 heteroatoms. The van der Waals surface area contributed by atoms with Crippen LogP contribution in [0.2, 0.25) is 10.0 Å². The molecular weight excluding hydrogens is 247 g/mol. The summed E-state index contributed by atoms with van der Waals surface area (Å²) in [6.45, 7) is 0.762. The van der Waals surface area contributed by atoms with Crippen LogP contribution in [0.4, 0.5) is 5.69 Å². The average molecular weight is 259 g/mol. The third kappa shape index (κ3) is 2.11. The number of benzene rings is 1. The van der Waals surface area contributed by atoms with Gasteiger partial charge in [0.15, 0.2) is 0 Å². The van der Waals surface area contributed by atoms with Crippen LogP contribution < -0.4 is 5.32 Å². The van der Waals surface area contributed by atoms with Crippen LogP contribution in [0.1, 0.15) is 6.42 Å². The largest absolute Gasteiger partial charge is 0.371 e. The minimum atomic E-state index is -0.220. The Balaban J connectivity index is 2.19. The highest BCUT2D eigenvalue weighted by atomic mass is 35.5. The van der Waals surface area contributed by atoms with Gasteiger partial charge in [-0.05, 0) is 18.6 Å². The van der Waals surface area contributed by atoms with E-state index < -0.39 is 0 Å². The van der Waals surface area contributed by atoms with Crippen LogP contribution in [-0.2, 0) is 4.79 Å². The van der Waals surface area contributed by atoms with Gasteiger partial charge in [0.25, 0.3) is 0 Å². The molecule has 1 aromatic carbocycles. The maximum atomic E-state index is 11.7. The maximum absolute atomic E-state index is 11.7. The molecule has 1 aliphatic rings. The fourth-order valence-electron chi connectivity index (χ4n) is 1.77. The molecule has 3 nitrogen and oxygen atoms in total. The number of hydrogen-bond acceptors (Lipinski definition) is 2. The number of rotatable bonds is 2. The number of para-hydroxylation sites is 1. The van der Waals surface area contributed by atoms with Gasteiger partial charge in [-0.15, -0.1) is 0 Å². The highest BCUT2D eigenvalue weighted by molar-refractivity contribution is 6.39. The molecule has 1 amide bonds. The summed E-state index contributed by atoms with van der Waals surface area (Å²) in [5.74, 6) is 0.0796. The molecule has 16 heavy (non-hydrogen) atoms. The summed E-state index contributed by atoms with van der Waals surface area (Å²) in [7, 11) is 1.79. The zero-order chi connectivity index (χ0) is 11.7. The molecule has 0 radical (unpaired) electrons. The van der Waals surface area contributed by atoms with Crippen molar-refractivity contribution in [2.45, 2.75) is 12.5 Å². The fourth-order valence-corrected chi connectivity index (χ4v) is 2.27. The summed E-state index contributed by atoms with van der Waals surface area (Å²) in [6, 6.07) is 5.05. The van der Waals surface area contributed by atoms with E-state index in [4.69, 9.17) is 23.2 Å². The van der Waals surface area contributed by atoms with E-state index in [-0.39, 0.29) is 11.9 Å². The lowest BCUT2D eigenvalue weighted by molar-refractivity contribution is -0.127. The molecule has 0 saturated carbocycles. The predicted molar refractivity (Wildman–Crippen MR) is 66.1 cm³/mol. The average Bonchev–Trinajstić information content (AvgIpc) is 2.55. The number of nitrogens with zero attached hydrogens (tertiary/aromatic N) is 1. The van der Waals surface area contributed by atoms with Gasteiger partial charge >= 0.3 is 0 Å². The molecule has 1 aromatic rings. The molecule has 1 saturated heterocycles. The first kappa shape index (κ1) is 11.6. The third-order valence-corrected chi connectivity index (χ3v) is 3.34. The Morgan fingerprint density at radius 2 is 2.00 bits per heavy atom.